The van der Waals surface area contributed by atoms with Gasteiger partial charge in [-0.1, -0.05) is 15.9 Å². The summed E-state index contributed by atoms with van der Waals surface area (Å²) in [4.78, 5) is 15.6. The number of piperidine rings is 1. The molecule has 1 unspecified atom stereocenters. The van der Waals surface area contributed by atoms with Gasteiger partial charge in [-0.15, -0.1) is 0 Å². The number of rotatable bonds is 1. The van der Waals surface area contributed by atoms with Crippen LogP contribution in [0, 0.1) is 29.6 Å². The van der Waals surface area contributed by atoms with E-state index in [1.807, 2.05) is 0 Å². The highest BCUT2D eigenvalue weighted by Crippen LogP contribution is 2.56. The summed E-state index contributed by atoms with van der Waals surface area (Å²) in [6.07, 6.45) is 9.30. The number of likely N-dealkylation sites (tertiary alicyclic amines) is 1. The molecule has 0 aromatic heterocycles. The third-order valence-corrected chi connectivity index (χ3v) is 6.93. The Hall–Kier alpha value is -0.0500. The molecule has 3 heteroatoms. The lowest BCUT2D eigenvalue weighted by molar-refractivity contribution is -0.149. The average Bonchev–Trinajstić information content (AvgIpc) is 2.37. The fraction of sp³-hybridized carbons (Fsp3) is 0.938. The lowest BCUT2D eigenvalue weighted by Crippen LogP contribution is -2.53. The maximum Gasteiger partial charge on any atom is 0.226 e. The molecule has 2 nitrogen and oxygen atoms in total. The molecule has 1 saturated heterocycles. The molecule has 19 heavy (non-hydrogen) atoms. The normalized spacial score (nSPS) is 48.6. The molecule has 0 spiro atoms. The molecule has 5 rings (SSSR count). The molecule has 5 fully saturated rings. The van der Waals surface area contributed by atoms with Crippen LogP contribution < -0.4 is 0 Å². The summed E-state index contributed by atoms with van der Waals surface area (Å²) in [5.41, 5.74) is 0. The molecule has 1 amide bonds. The van der Waals surface area contributed by atoms with Crippen molar-refractivity contribution < 1.29 is 4.79 Å². The van der Waals surface area contributed by atoms with Gasteiger partial charge in [0.15, 0.2) is 0 Å². The maximum atomic E-state index is 12.9. The van der Waals surface area contributed by atoms with E-state index in [4.69, 9.17) is 0 Å². The largest absolute Gasteiger partial charge is 0.341 e. The van der Waals surface area contributed by atoms with Crippen molar-refractivity contribution in [3.05, 3.63) is 0 Å². The Balaban J connectivity index is 1.51. The van der Waals surface area contributed by atoms with Crippen LogP contribution in [0.3, 0.4) is 0 Å². The highest BCUT2D eigenvalue weighted by Gasteiger charge is 2.51. The number of halogens is 1. The third kappa shape index (κ3) is 2.16. The van der Waals surface area contributed by atoms with Crippen LogP contribution in [0.5, 0.6) is 0 Å². The van der Waals surface area contributed by atoms with Crippen LogP contribution in [-0.2, 0) is 4.79 Å². The van der Waals surface area contributed by atoms with E-state index in [0.717, 1.165) is 36.8 Å². The molecule has 0 aromatic rings. The minimum Gasteiger partial charge on any atom is -0.341 e. The Morgan fingerprint density at radius 2 is 1.63 bits per heavy atom. The van der Waals surface area contributed by atoms with Crippen molar-refractivity contribution in [1.82, 2.24) is 4.90 Å². The first-order valence-electron chi connectivity index (χ1n) is 8.13. The van der Waals surface area contributed by atoms with Crippen molar-refractivity contribution in [2.75, 3.05) is 13.1 Å². The van der Waals surface area contributed by atoms with Gasteiger partial charge in [-0.3, -0.25) is 4.79 Å². The SMILES string of the molecule is O=C(C1C2CC3CC(C2)CC1C3)N1CCCC(Br)C1. The topological polar surface area (TPSA) is 20.3 Å². The van der Waals surface area contributed by atoms with Gasteiger partial charge < -0.3 is 4.90 Å². The predicted octanol–water partition coefficient (Wildman–Crippen LogP) is 3.44. The number of hydrogen-bond acceptors (Lipinski definition) is 1. The Labute approximate surface area is 124 Å². The second kappa shape index (κ2) is 4.75. The fourth-order valence-corrected chi connectivity index (χ4v) is 6.34. The zero-order valence-electron chi connectivity index (χ0n) is 11.6. The minimum absolute atomic E-state index is 0.394. The van der Waals surface area contributed by atoms with E-state index in [1.54, 1.807) is 0 Å². The van der Waals surface area contributed by atoms with Gasteiger partial charge in [0.25, 0.3) is 0 Å². The summed E-state index contributed by atoms with van der Waals surface area (Å²) >= 11 is 3.71. The van der Waals surface area contributed by atoms with Crippen molar-refractivity contribution in [1.29, 1.82) is 0 Å². The highest BCUT2D eigenvalue weighted by molar-refractivity contribution is 9.09. The Morgan fingerprint density at radius 3 is 2.21 bits per heavy atom. The van der Waals surface area contributed by atoms with E-state index < -0.39 is 0 Å². The summed E-state index contributed by atoms with van der Waals surface area (Å²) in [5, 5.41) is 0. The van der Waals surface area contributed by atoms with Crippen molar-refractivity contribution in [2.24, 2.45) is 29.6 Å². The number of amides is 1. The summed E-state index contributed by atoms with van der Waals surface area (Å²) in [6, 6.07) is 0. The molecule has 0 N–H and O–H groups in total. The summed E-state index contributed by atoms with van der Waals surface area (Å²) in [5.74, 6) is 4.32. The standard InChI is InChI=1S/C16H24BrNO/c17-14-2-1-3-18(9-14)16(19)15-12-5-10-4-11(7-12)8-13(15)6-10/h10-15H,1-9H2. The monoisotopic (exact) mass is 325 g/mol. The van der Waals surface area contributed by atoms with E-state index in [1.165, 1.54) is 44.9 Å². The van der Waals surface area contributed by atoms with Crippen LogP contribution in [-0.4, -0.2) is 28.7 Å². The molecular formula is C16H24BrNO. The number of carbonyl (C=O) groups excluding carboxylic acids is 1. The Morgan fingerprint density at radius 1 is 1.00 bits per heavy atom. The smallest absolute Gasteiger partial charge is 0.226 e. The molecule has 1 heterocycles. The van der Waals surface area contributed by atoms with E-state index in [9.17, 15) is 4.79 Å². The quantitative estimate of drug-likeness (QED) is 0.676. The van der Waals surface area contributed by atoms with E-state index in [-0.39, 0.29) is 0 Å². The first-order valence-corrected chi connectivity index (χ1v) is 9.05. The first kappa shape index (κ1) is 12.7. The summed E-state index contributed by atoms with van der Waals surface area (Å²) in [7, 11) is 0. The summed E-state index contributed by atoms with van der Waals surface area (Å²) in [6.45, 7) is 1.95. The lowest BCUT2D eigenvalue weighted by Gasteiger charge is -2.54. The van der Waals surface area contributed by atoms with Crippen LogP contribution in [0.1, 0.15) is 44.9 Å². The summed E-state index contributed by atoms with van der Waals surface area (Å²) < 4.78 is 0. The van der Waals surface area contributed by atoms with Crippen molar-refractivity contribution in [3.8, 4) is 0 Å². The molecular weight excluding hydrogens is 302 g/mol. The van der Waals surface area contributed by atoms with Crippen LogP contribution in [0.4, 0.5) is 0 Å². The number of nitrogens with zero attached hydrogens (tertiary/aromatic N) is 1. The third-order valence-electron chi connectivity index (χ3n) is 6.19. The second-order valence-electron chi connectivity index (χ2n) is 7.48. The van der Waals surface area contributed by atoms with Crippen LogP contribution in [0.2, 0.25) is 0 Å². The molecule has 0 aromatic carbocycles. The molecule has 1 aliphatic heterocycles. The van der Waals surface area contributed by atoms with Crippen LogP contribution in [0.25, 0.3) is 0 Å². The number of alkyl halides is 1. The van der Waals surface area contributed by atoms with Crippen LogP contribution in [0.15, 0.2) is 0 Å². The van der Waals surface area contributed by atoms with E-state index in [2.05, 4.69) is 20.8 Å². The van der Waals surface area contributed by atoms with Gasteiger partial charge in [-0.2, -0.15) is 0 Å². The number of carbonyl (C=O) groups is 1. The average molecular weight is 326 g/mol. The Kier molecular flexibility index (Phi) is 3.17. The first-order chi connectivity index (χ1) is 9.20. The van der Waals surface area contributed by atoms with Crippen LogP contribution >= 0.6 is 15.9 Å². The molecule has 4 aliphatic carbocycles. The molecule has 106 valence electrons. The molecule has 4 bridgehead atoms. The molecule has 0 radical (unpaired) electrons. The fourth-order valence-electron chi connectivity index (χ4n) is 5.66. The van der Waals surface area contributed by atoms with Gasteiger partial charge in [0.2, 0.25) is 5.91 Å². The molecule has 1 atom stereocenters. The number of hydrogen-bond donors (Lipinski definition) is 0. The minimum atomic E-state index is 0.394. The van der Waals surface area contributed by atoms with Gasteiger partial charge in [0.05, 0.1) is 0 Å². The van der Waals surface area contributed by atoms with Crippen molar-refractivity contribution in [3.63, 3.8) is 0 Å². The zero-order valence-corrected chi connectivity index (χ0v) is 13.1. The van der Waals surface area contributed by atoms with Crippen molar-refractivity contribution in [2.45, 2.75) is 49.8 Å². The van der Waals surface area contributed by atoms with E-state index >= 15 is 0 Å². The van der Waals surface area contributed by atoms with Gasteiger partial charge in [0, 0.05) is 23.8 Å². The van der Waals surface area contributed by atoms with E-state index in [0.29, 0.717) is 16.7 Å². The zero-order chi connectivity index (χ0) is 13.0. The van der Waals surface area contributed by atoms with Gasteiger partial charge in [-0.25, -0.2) is 0 Å². The van der Waals surface area contributed by atoms with Gasteiger partial charge in [0.1, 0.15) is 0 Å². The highest BCUT2D eigenvalue weighted by atomic mass is 79.9. The maximum absolute atomic E-state index is 12.9. The molecule has 4 saturated carbocycles. The predicted molar refractivity (Wildman–Crippen MR) is 79.1 cm³/mol. The van der Waals surface area contributed by atoms with Gasteiger partial charge in [-0.05, 0) is 68.6 Å². The van der Waals surface area contributed by atoms with Crippen molar-refractivity contribution >= 4 is 21.8 Å². The second-order valence-corrected chi connectivity index (χ2v) is 8.78. The van der Waals surface area contributed by atoms with Gasteiger partial charge >= 0.3 is 0 Å². The molecule has 5 aliphatic rings. The Bertz CT molecular complexity index is 355. The lowest BCUT2D eigenvalue weighted by atomic mass is 9.51.